The summed E-state index contributed by atoms with van der Waals surface area (Å²) < 4.78 is 5.17. The second-order valence-electron chi connectivity index (χ2n) is 2.69. The Balaban J connectivity index is 2.28. The summed E-state index contributed by atoms with van der Waals surface area (Å²) in [7, 11) is 0. The molecule has 2 heterocycles. The zero-order valence-corrected chi connectivity index (χ0v) is 8.41. The van der Waals surface area contributed by atoms with E-state index in [2.05, 4.69) is 9.97 Å². The number of anilines is 1. The number of hydrogen-bond acceptors (Lipinski definition) is 5. The maximum Gasteiger partial charge on any atom is 0.156 e. The van der Waals surface area contributed by atoms with E-state index in [0.29, 0.717) is 10.8 Å². The van der Waals surface area contributed by atoms with E-state index in [0.717, 1.165) is 10.7 Å². The van der Waals surface area contributed by atoms with E-state index in [1.165, 1.54) is 11.8 Å². The fourth-order valence-corrected chi connectivity index (χ4v) is 1.79. The highest BCUT2D eigenvalue weighted by molar-refractivity contribution is 7.99. The average Bonchev–Trinajstić information content (AvgIpc) is 2.56. The van der Waals surface area contributed by atoms with Crippen molar-refractivity contribution in [2.45, 2.75) is 16.8 Å². The van der Waals surface area contributed by atoms with Crippen molar-refractivity contribution < 1.29 is 4.42 Å². The SMILES string of the molecule is Cc1occc1Sc1nccnc1N. The molecule has 2 rings (SSSR count). The number of hydrogen-bond donors (Lipinski definition) is 1. The van der Waals surface area contributed by atoms with E-state index in [1.807, 2.05) is 13.0 Å². The Kier molecular flexibility index (Phi) is 2.41. The molecule has 0 aliphatic heterocycles. The van der Waals surface area contributed by atoms with Crippen molar-refractivity contribution >= 4 is 17.6 Å². The minimum absolute atomic E-state index is 0.443. The van der Waals surface area contributed by atoms with Crippen molar-refractivity contribution in [2.75, 3.05) is 5.73 Å². The van der Waals surface area contributed by atoms with Crippen molar-refractivity contribution in [3.05, 3.63) is 30.5 Å². The molecule has 2 N–H and O–H groups in total. The van der Waals surface area contributed by atoms with Crippen molar-refractivity contribution in [3.8, 4) is 0 Å². The van der Waals surface area contributed by atoms with Gasteiger partial charge in [-0.1, -0.05) is 11.8 Å². The summed E-state index contributed by atoms with van der Waals surface area (Å²) in [6.45, 7) is 1.90. The third kappa shape index (κ3) is 1.72. The summed E-state index contributed by atoms with van der Waals surface area (Å²) in [5.74, 6) is 1.30. The molecule has 4 nitrogen and oxygen atoms in total. The molecule has 14 heavy (non-hydrogen) atoms. The summed E-state index contributed by atoms with van der Waals surface area (Å²) in [6, 6.07) is 1.88. The maximum absolute atomic E-state index is 5.66. The highest BCUT2D eigenvalue weighted by Gasteiger charge is 2.07. The molecule has 0 aliphatic carbocycles. The van der Waals surface area contributed by atoms with E-state index in [1.54, 1.807) is 18.7 Å². The van der Waals surface area contributed by atoms with Crippen molar-refractivity contribution in [3.63, 3.8) is 0 Å². The quantitative estimate of drug-likeness (QED) is 0.817. The summed E-state index contributed by atoms with van der Waals surface area (Å²) >= 11 is 1.46. The van der Waals surface area contributed by atoms with Gasteiger partial charge in [0.15, 0.2) is 5.82 Å². The maximum atomic E-state index is 5.66. The topological polar surface area (TPSA) is 64.9 Å². The molecule has 0 spiro atoms. The monoisotopic (exact) mass is 207 g/mol. The van der Waals surface area contributed by atoms with Crippen LogP contribution in [0.3, 0.4) is 0 Å². The first-order valence-corrected chi connectivity index (χ1v) is 4.87. The molecule has 2 aromatic heterocycles. The molecule has 0 radical (unpaired) electrons. The number of aryl methyl sites for hydroxylation is 1. The van der Waals surface area contributed by atoms with Crippen molar-refractivity contribution in [2.24, 2.45) is 0 Å². The lowest BCUT2D eigenvalue weighted by Gasteiger charge is -2.00. The van der Waals surface area contributed by atoms with Gasteiger partial charge in [0.05, 0.1) is 11.2 Å². The second kappa shape index (κ2) is 3.71. The van der Waals surface area contributed by atoms with Gasteiger partial charge in [-0.3, -0.25) is 0 Å². The first-order valence-electron chi connectivity index (χ1n) is 4.06. The van der Waals surface area contributed by atoms with Gasteiger partial charge in [0.2, 0.25) is 0 Å². The number of nitrogen functional groups attached to an aromatic ring is 1. The first-order chi connectivity index (χ1) is 6.77. The lowest BCUT2D eigenvalue weighted by Crippen LogP contribution is -1.94. The summed E-state index contributed by atoms with van der Waals surface area (Å²) in [6.07, 6.45) is 4.83. The Labute approximate surface area is 85.6 Å². The van der Waals surface area contributed by atoms with Gasteiger partial charge in [-0.25, -0.2) is 9.97 Å². The van der Waals surface area contributed by atoms with Gasteiger partial charge in [0, 0.05) is 12.4 Å². The Hall–Kier alpha value is -1.49. The fourth-order valence-electron chi connectivity index (χ4n) is 0.998. The number of aromatic nitrogens is 2. The van der Waals surface area contributed by atoms with E-state index in [9.17, 15) is 0 Å². The van der Waals surface area contributed by atoms with Gasteiger partial charge in [0.25, 0.3) is 0 Å². The zero-order chi connectivity index (χ0) is 9.97. The smallest absolute Gasteiger partial charge is 0.156 e. The minimum Gasteiger partial charge on any atom is -0.468 e. The van der Waals surface area contributed by atoms with Crippen LogP contribution in [0.1, 0.15) is 5.76 Å². The molecule has 0 saturated heterocycles. The molecule has 2 aromatic rings. The van der Waals surface area contributed by atoms with Gasteiger partial charge >= 0.3 is 0 Å². The van der Waals surface area contributed by atoms with Crippen molar-refractivity contribution in [1.29, 1.82) is 0 Å². The number of nitrogens with zero attached hydrogens (tertiary/aromatic N) is 2. The molecule has 0 atom stereocenters. The molecule has 0 fully saturated rings. The van der Waals surface area contributed by atoms with Crippen LogP contribution in [0.4, 0.5) is 5.82 Å². The summed E-state index contributed by atoms with van der Waals surface area (Å²) in [5, 5.41) is 0.706. The van der Waals surface area contributed by atoms with E-state index < -0.39 is 0 Å². The Morgan fingerprint density at radius 3 is 2.79 bits per heavy atom. The molecular weight excluding hydrogens is 198 g/mol. The molecule has 0 unspecified atom stereocenters. The van der Waals surface area contributed by atoms with Crippen LogP contribution in [0.2, 0.25) is 0 Å². The molecule has 0 amide bonds. The number of furan rings is 1. The van der Waals surface area contributed by atoms with Gasteiger partial charge < -0.3 is 10.2 Å². The van der Waals surface area contributed by atoms with Gasteiger partial charge in [0.1, 0.15) is 10.8 Å². The van der Waals surface area contributed by atoms with Crippen LogP contribution < -0.4 is 5.73 Å². The van der Waals surface area contributed by atoms with Crippen LogP contribution in [-0.4, -0.2) is 9.97 Å². The molecule has 0 bridgehead atoms. The second-order valence-corrected chi connectivity index (χ2v) is 3.72. The number of rotatable bonds is 2. The predicted molar refractivity (Wildman–Crippen MR) is 54.0 cm³/mol. The first kappa shape index (κ1) is 9.08. The predicted octanol–water partition coefficient (Wildman–Crippen LogP) is 2.11. The Morgan fingerprint density at radius 2 is 2.14 bits per heavy atom. The third-order valence-corrected chi connectivity index (χ3v) is 2.86. The van der Waals surface area contributed by atoms with Crippen LogP contribution in [0, 0.1) is 6.92 Å². The van der Waals surface area contributed by atoms with Crippen LogP contribution in [0.25, 0.3) is 0 Å². The minimum atomic E-state index is 0.443. The van der Waals surface area contributed by atoms with E-state index in [-0.39, 0.29) is 0 Å². The third-order valence-electron chi connectivity index (χ3n) is 1.71. The average molecular weight is 207 g/mol. The largest absolute Gasteiger partial charge is 0.468 e. The molecule has 0 aromatic carbocycles. The van der Waals surface area contributed by atoms with E-state index >= 15 is 0 Å². The normalized spacial score (nSPS) is 10.4. The van der Waals surface area contributed by atoms with Gasteiger partial charge in [-0.15, -0.1) is 0 Å². The summed E-state index contributed by atoms with van der Waals surface area (Å²) in [5.41, 5.74) is 5.66. The highest BCUT2D eigenvalue weighted by atomic mass is 32.2. The lowest BCUT2D eigenvalue weighted by atomic mass is 10.5. The fraction of sp³-hybridized carbons (Fsp3) is 0.111. The standard InChI is InChI=1S/C9H9N3OS/c1-6-7(2-5-13-6)14-9-8(10)11-3-4-12-9/h2-5H,1H3,(H2,10,11). The highest BCUT2D eigenvalue weighted by Crippen LogP contribution is 2.31. The van der Waals surface area contributed by atoms with Crippen LogP contribution in [-0.2, 0) is 0 Å². The zero-order valence-electron chi connectivity index (χ0n) is 7.60. The van der Waals surface area contributed by atoms with E-state index in [4.69, 9.17) is 10.2 Å². The molecule has 5 heteroatoms. The van der Waals surface area contributed by atoms with Crippen molar-refractivity contribution in [1.82, 2.24) is 9.97 Å². The molecule has 0 aliphatic rings. The Morgan fingerprint density at radius 1 is 1.36 bits per heavy atom. The number of nitrogens with two attached hydrogens (primary N) is 1. The molecule has 0 saturated carbocycles. The summed E-state index contributed by atoms with van der Waals surface area (Å²) in [4.78, 5) is 9.09. The van der Waals surface area contributed by atoms with Crippen LogP contribution in [0.15, 0.2) is 39.1 Å². The van der Waals surface area contributed by atoms with Crippen LogP contribution >= 0.6 is 11.8 Å². The van der Waals surface area contributed by atoms with Crippen LogP contribution in [0.5, 0.6) is 0 Å². The van der Waals surface area contributed by atoms with Gasteiger partial charge in [-0.05, 0) is 13.0 Å². The molecule has 72 valence electrons. The lowest BCUT2D eigenvalue weighted by molar-refractivity contribution is 0.527. The Bertz CT molecular complexity index is 441. The van der Waals surface area contributed by atoms with Gasteiger partial charge in [-0.2, -0.15) is 0 Å². The molecular formula is C9H9N3OS.